The minimum absolute atomic E-state index is 0. The molecular weight excluding hydrogens is 316 g/mol. The Kier molecular flexibility index (Phi) is 8.58. The summed E-state index contributed by atoms with van der Waals surface area (Å²) < 4.78 is 0. The molecule has 1 fully saturated rings. The average Bonchev–Trinajstić information content (AvgIpc) is 2.61. The highest BCUT2D eigenvalue weighted by Gasteiger charge is 2.31. The molecule has 2 aliphatic heterocycles. The van der Waals surface area contributed by atoms with E-state index in [-0.39, 0.29) is 12.4 Å². The number of halogens is 1. The van der Waals surface area contributed by atoms with Crippen LogP contribution in [-0.4, -0.2) is 42.5 Å². The van der Waals surface area contributed by atoms with Crippen molar-refractivity contribution in [2.45, 2.75) is 64.3 Å². The Morgan fingerprint density at radius 3 is 2.50 bits per heavy atom. The van der Waals surface area contributed by atoms with Gasteiger partial charge in [0.1, 0.15) is 0 Å². The third-order valence-corrected chi connectivity index (χ3v) is 5.74. The minimum atomic E-state index is 0. The summed E-state index contributed by atoms with van der Waals surface area (Å²) in [4.78, 5) is 5.43. The van der Waals surface area contributed by atoms with Gasteiger partial charge in [-0.1, -0.05) is 69.7 Å². The minimum Gasteiger partial charge on any atom is -0.300 e. The quantitative estimate of drug-likeness (QED) is 0.603. The van der Waals surface area contributed by atoms with Crippen LogP contribution in [0.4, 0.5) is 0 Å². The highest BCUT2D eigenvalue weighted by atomic mass is 35.5. The van der Waals surface area contributed by atoms with Gasteiger partial charge in [0.25, 0.3) is 0 Å². The number of hydrogen-bond acceptors (Lipinski definition) is 2. The van der Waals surface area contributed by atoms with E-state index in [1.807, 2.05) is 0 Å². The molecule has 0 N–H and O–H groups in total. The fourth-order valence-corrected chi connectivity index (χ4v) is 4.29. The lowest BCUT2D eigenvalue weighted by atomic mass is 9.91. The van der Waals surface area contributed by atoms with Gasteiger partial charge in [0.05, 0.1) is 0 Å². The van der Waals surface area contributed by atoms with Crippen LogP contribution in [0, 0.1) is 0 Å². The highest BCUT2D eigenvalue weighted by Crippen LogP contribution is 2.32. The summed E-state index contributed by atoms with van der Waals surface area (Å²) >= 11 is 0. The van der Waals surface area contributed by atoms with Crippen LogP contribution in [0.2, 0.25) is 0 Å². The monoisotopic (exact) mass is 350 g/mol. The Balaban J connectivity index is 0.00000208. The standard InChI is InChI=1S/C21H34N2.ClH/c1-2-3-4-5-6-7-10-14-22-16-17-23-15-13-19-11-8-9-12-20(19)21(23)18-22;/h8-9,11-12,21H,2-7,10,13-18H2,1H3;1H. The summed E-state index contributed by atoms with van der Waals surface area (Å²) in [7, 11) is 0. The first-order valence-corrected chi connectivity index (χ1v) is 9.92. The van der Waals surface area contributed by atoms with Crippen LogP contribution in [0.1, 0.15) is 69.0 Å². The Morgan fingerprint density at radius 2 is 1.67 bits per heavy atom. The maximum Gasteiger partial charge on any atom is 0.0478 e. The fourth-order valence-electron chi connectivity index (χ4n) is 4.29. The zero-order valence-corrected chi connectivity index (χ0v) is 16.2. The van der Waals surface area contributed by atoms with Crippen molar-refractivity contribution in [3.63, 3.8) is 0 Å². The first-order chi connectivity index (χ1) is 11.4. The normalized spacial score (nSPS) is 21.0. The van der Waals surface area contributed by atoms with Gasteiger partial charge in [-0.15, -0.1) is 12.4 Å². The van der Waals surface area contributed by atoms with Gasteiger partial charge in [0, 0.05) is 32.2 Å². The van der Waals surface area contributed by atoms with E-state index in [1.165, 1.54) is 84.1 Å². The van der Waals surface area contributed by atoms with Crippen LogP contribution >= 0.6 is 12.4 Å². The van der Waals surface area contributed by atoms with E-state index >= 15 is 0 Å². The van der Waals surface area contributed by atoms with Crippen molar-refractivity contribution in [1.82, 2.24) is 9.80 Å². The number of unbranched alkanes of at least 4 members (excludes halogenated alkanes) is 6. The summed E-state index contributed by atoms with van der Waals surface area (Å²) in [6, 6.07) is 9.77. The van der Waals surface area contributed by atoms with Crippen molar-refractivity contribution >= 4 is 12.4 Å². The van der Waals surface area contributed by atoms with Gasteiger partial charge >= 0.3 is 0 Å². The Morgan fingerprint density at radius 1 is 0.917 bits per heavy atom. The van der Waals surface area contributed by atoms with Crippen LogP contribution in [0.3, 0.4) is 0 Å². The summed E-state index contributed by atoms with van der Waals surface area (Å²) in [6.07, 6.45) is 11.1. The molecule has 0 spiro atoms. The summed E-state index contributed by atoms with van der Waals surface area (Å²) in [5, 5.41) is 0. The smallest absolute Gasteiger partial charge is 0.0478 e. The first kappa shape index (κ1) is 19.8. The van der Waals surface area contributed by atoms with Crippen molar-refractivity contribution in [2.24, 2.45) is 0 Å². The fraction of sp³-hybridized carbons (Fsp3) is 0.714. The molecule has 0 aromatic heterocycles. The van der Waals surface area contributed by atoms with E-state index in [9.17, 15) is 0 Å². The molecule has 1 saturated heterocycles. The zero-order chi connectivity index (χ0) is 15.9. The maximum absolute atomic E-state index is 2.72. The Hall–Kier alpha value is -0.570. The van der Waals surface area contributed by atoms with E-state index in [0.717, 1.165) is 0 Å². The van der Waals surface area contributed by atoms with E-state index in [4.69, 9.17) is 0 Å². The third kappa shape index (κ3) is 5.21. The first-order valence-electron chi connectivity index (χ1n) is 9.92. The molecule has 2 aliphatic rings. The highest BCUT2D eigenvalue weighted by molar-refractivity contribution is 5.85. The zero-order valence-electron chi connectivity index (χ0n) is 15.4. The van der Waals surface area contributed by atoms with Crippen molar-refractivity contribution in [3.8, 4) is 0 Å². The SMILES string of the molecule is CCCCCCCCCN1CCN2CCc3ccccc3C2C1.Cl. The molecule has 2 nitrogen and oxygen atoms in total. The molecule has 0 amide bonds. The Bertz CT molecular complexity index is 477. The number of hydrogen-bond donors (Lipinski definition) is 0. The second-order valence-electron chi connectivity index (χ2n) is 7.42. The molecule has 2 heterocycles. The van der Waals surface area contributed by atoms with Gasteiger partial charge in [-0.2, -0.15) is 0 Å². The second-order valence-corrected chi connectivity index (χ2v) is 7.42. The van der Waals surface area contributed by atoms with Crippen LogP contribution in [0.25, 0.3) is 0 Å². The molecule has 0 radical (unpaired) electrons. The number of rotatable bonds is 8. The van der Waals surface area contributed by atoms with E-state index in [2.05, 4.69) is 41.0 Å². The van der Waals surface area contributed by atoms with Crippen molar-refractivity contribution < 1.29 is 0 Å². The molecular formula is C21H35ClN2. The molecule has 0 saturated carbocycles. The molecule has 3 rings (SSSR count). The predicted octanol–water partition coefficient (Wildman–Crippen LogP) is 5.07. The van der Waals surface area contributed by atoms with Gasteiger partial charge < -0.3 is 4.90 Å². The van der Waals surface area contributed by atoms with Crippen LogP contribution in [0.15, 0.2) is 24.3 Å². The molecule has 3 heteroatoms. The number of piperazine rings is 1. The predicted molar refractivity (Wildman–Crippen MR) is 106 cm³/mol. The average molecular weight is 351 g/mol. The lowest BCUT2D eigenvalue weighted by molar-refractivity contribution is 0.0663. The largest absolute Gasteiger partial charge is 0.300 e. The van der Waals surface area contributed by atoms with E-state index in [0.29, 0.717) is 6.04 Å². The maximum atomic E-state index is 2.72. The van der Waals surface area contributed by atoms with E-state index < -0.39 is 0 Å². The third-order valence-electron chi connectivity index (χ3n) is 5.74. The van der Waals surface area contributed by atoms with Gasteiger partial charge in [-0.25, -0.2) is 0 Å². The van der Waals surface area contributed by atoms with Crippen LogP contribution in [0.5, 0.6) is 0 Å². The molecule has 0 bridgehead atoms. The van der Waals surface area contributed by atoms with Gasteiger partial charge in [0.2, 0.25) is 0 Å². The lowest BCUT2D eigenvalue weighted by Crippen LogP contribution is -2.50. The van der Waals surface area contributed by atoms with Crippen molar-refractivity contribution in [1.29, 1.82) is 0 Å². The molecule has 1 atom stereocenters. The summed E-state index contributed by atoms with van der Waals surface area (Å²) in [6.45, 7) is 8.63. The lowest BCUT2D eigenvalue weighted by Gasteiger charge is -2.45. The van der Waals surface area contributed by atoms with Gasteiger partial charge in [-0.05, 0) is 30.5 Å². The molecule has 1 aromatic carbocycles. The topological polar surface area (TPSA) is 6.48 Å². The van der Waals surface area contributed by atoms with Crippen LogP contribution < -0.4 is 0 Å². The molecule has 24 heavy (non-hydrogen) atoms. The summed E-state index contributed by atoms with van der Waals surface area (Å²) in [5.41, 5.74) is 3.19. The molecule has 136 valence electrons. The van der Waals surface area contributed by atoms with Crippen molar-refractivity contribution in [3.05, 3.63) is 35.4 Å². The Labute approximate surface area is 155 Å². The second kappa shape index (κ2) is 10.4. The van der Waals surface area contributed by atoms with Gasteiger partial charge in [0.15, 0.2) is 0 Å². The van der Waals surface area contributed by atoms with E-state index in [1.54, 1.807) is 11.1 Å². The van der Waals surface area contributed by atoms with Crippen LogP contribution in [-0.2, 0) is 6.42 Å². The number of nitrogens with zero attached hydrogens (tertiary/aromatic N) is 2. The molecule has 1 unspecified atom stereocenters. The van der Waals surface area contributed by atoms with Crippen molar-refractivity contribution in [2.75, 3.05) is 32.7 Å². The molecule has 0 aliphatic carbocycles. The van der Waals surface area contributed by atoms with Gasteiger partial charge in [-0.3, -0.25) is 4.90 Å². The summed E-state index contributed by atoms with van der Waals surface area (Å²) in [5.74, 6) is 0. The number of fused-ring (bicyclic) bond motifs is 3. The molecule has 1 aromatic rings. The number of benzene rings is 1.